The first kappa shape index (κ1) is 11.5. The van der Waals surface area contributed by atoms with Crippen molar-refractivity contribution in [3.8, 4) is 0 Å². The van der Waals surface area contributed by atoms with E-state index in [4.69, 9.17) is 4.74 Å². The standard InChI is InChI=1S/C9H16N3O3/c1-10(2)9(15-4)11(3)12-7(13)5-6-8(12)14/h5-6H2,1-4H3/q+1. The van der Waals surface area contributed by atoms with Crippen molar-refractivity contribution >= 4 is 17.8 Å². The second kappa shape index (κ2) is 4.29. The van der Waals surface area contributed by atoms with Crippen LogP contribution in [0.5, 0.6) is 0 Å². The Kier molecular flexibility index (Phi) is 3.28. The number of nitrogens with zero attached hydrogens (tertiary/aromatic N) is 3. The molecule has 1 aliphatic heterocycles. The normalized spacial score (nSPS) is 15.6. The van der Waals surface area contributed by atoms with Crippen molar-refractivity contribution in [3.05, 3.63) is 0 Å². The summed E-state index contributed by atoms with van der Waals surface area (Å²) in [6.45, 7) is 0. The van der Waals surface area contributed by atoms with Gasteiger partial charge in [-0.25, -0.2) is 4.58 Å². The van der Waals surface area contributed by atoms with Crippen LogP contribution in [-0.4, -0.2) is 60.7 Å². The molecule has 0 aromatic carbocycles. The molecular weight excluding hydrogens is 198 g/mol. The van der Waals surface area contributed by atoms with E-state index in [0.717, 1.165) is 5.01 Å². The first-order valence-corrected chi connectivity index (χ1v) is 4.66. The molecule has 1 heterocycles. The van der Waals surface area contributed by atoms with Crippen LogP contribution >= 0.6 is 0 Å². The third kappa shape index (κ3) is 2.08. The second-order valence-corrected chi connectivity index (χ2v) is 3.50. The van der Waals surface area contributed by atoms with Gasteiger partial charge < -0.3 is 4.74 Å². The van der Waals surface area contributed by atoms with Gasteiger partial charge in [-0.1, -0.05) is 0 Å². The van der Waals surface area contributed by atoms with E-state index in [1.807, 2.05) is 0 Å². The summed E-state index contributed by atoms with van der Waals surface area (Å²) >= 11 is 0. The molecule has 1 fully saturated rings. The highest BCUT2D eigenvalue weighted by molar-refractivity contribution is 6.02. The van der Waals surface area contributed by atoms with E-state index in [1.165, 1.54) is 12.1 Å². The van der Waals surface area contributed by atoms with Gasteiger partial charge >= 0.3 is 6.02 Å². The lowest BCUT2D eigenvalue weighted by Crippen LogP contribution is -2.49. The number of rotatable bonds is 1. The number of imide groups is 1. The van der Waals surface area contributed by atoms with Crippen LogP contribution in [0.15, 0.2) is 0 Å². The third-order valence-corrected chi connectivity index (χ3v) is 2.17. The minimum atomic E-state index is -0.195. The molecule has 1 aliphatic rings. The minimum absolute atomic E-state index is 0.195. The van der Waals surface area contributed by atoms with Crippen molar-refractivity contribution in [2.45, 2.75) is 12.8 Å². The SMILES string of the molecule is COC(N(C)N1C(=O)CCC1=O)=[N+](C)C. The summed E-state index contributed by atoms with van der Waals surface area (Å²) in [5.74, 6) is -0.391. The zero-order chi connectivity index (χ0) is 11.6. The molecule has 6 heteroatoms. The number of carbonyl (C=O) groups excluding carboxylic acids is 2. The molecule has 84 valence electrons. The molecule has 0 bridgehead atoms. The zero-order valence-electron chi connectivity index (χ0n) is 9.48. The Balaban J connectivity index is 2.93. The highest BCUT2D eigenvalue weighted by atomic mass is 16.5. The lowest BCUT2D eigenvalue weighted by molar-refractivity contribution is -0.482. The summed E-state index contributed by atoms with van der Waals surface area (Å²) < 4.78 is 6.80. The van der Waals surface area contributed by atoms with Gasteiger partial charge in [-0.15, -0.1) is 10.0 Å². The molecule has 1 rings (SSSR count). The zero-order valence-corrected chi connectivity index (χ0v) is 9.48. The first-order chi connectivity index (χ1) is 6.99. The number of amidine groups is 1. The van der Waals surface area contributed by atoms with Crippen LogP contribution in [0.1, 0.15) is 12.8 Å². The molecule has 0 aliphatic carbocycles. The van der Waals surface area contributed by atoms with Crippen LogP contribution in [0, 0.1) is 0 Å². The van der Waals surface area contributed by atoms with Gasteiger partial charge in [0.2, 0.25) is 0 Å². The molecule has 0 atom stereocenters. The highest BCUT2D eigenvalue weighted by Crippen LogP contribution is 2.13. The largest absolute Gasteiger partial charge is 0.470 e. The van der Waals surface area contributed by atoms with E-state index in [2.05, 4.69) is 0 Å². The molecule has 0 N–H and O–H groups in total. The van der Waals surface area contributed by atoms with E-state index >= 15 is 0 Å². The van der Waals surface area contributed by atoms with Gasteiger partial charge in [-0.2, -0.15) is 0 Å². The monoisotopic (exact) mass is 214 g/mol. The Morgan fingerprint density at radius 3 is 2.13 bits per heavy atom. The Hall–Kier alpha value is -1.59. The fourth-order valence-corrected chi connectivity index (χ4v) is 1.59. The molecule has 15 heavy (non-hydrogen) atoms. The van der Waals surface area contributed by atoms with E-state index in [-0.39, 0.29) is 24.7 Å². The summed E-state index contributed by atoms with van der Waals surface area (Å²) in [6, 6.07) is 0.443. The van der Waals surface area contributed by atoms with Crippen LogP contribution in [0.3, 0.4) is 0 Å². The van der Waals surface area contributed by atoms with E-state index in [1.54, 1.807) is 25.7 Å². The Morgan fingerprint density at radius 2 is 1.80 bits per heavy atom. The van der Waals surface area contributed by atoms with Crippen molar-refractivity contribution < 1.29 is 18.9 Å². The number of hydrogen-bond acceptors (Lipinski definition) is 3. The average Bonchev–Trinajstić information content (AvgIpc) is 2.46. The number of methoxy groups -OCH3 is 1. The van der Waals surface area contributed by atoms with Crippen molar-refractivity contribution in [3.63, 3.8) is 0 Å². The number of amides is 2. The quantitative estimate of drug-likeness (QED) is 0.249. The van der Waals surface area contributed by atoms with Crippen LogP contribution in [0.25, 0.3) is 0 Å². The van der Waals surface area contributed by atoms with Crippen LogP contribution < -0.4 is 0 Å². The van der Waals surface area contributed by atoms with Gasteiger partial charge in [0.05, 0.1) is 21.2 Å². The molecule has 0 aromatic heterocycles. The van der Waals surface area contributed by atoms with Crippen molar-refractivity contribution in [1.29, 1.82) is 0 Å². The molecular formula is C9H16N3O3+. The number of hydrogen-bond donors (Lipinski definition) is 0. The Bertz CT molecular complexity index is 305. The van der Waals surface area contributed by atoms with Gasteiger partial charge in [0.15, 0.2) is 0 Å². The molecule has 1 saturated heterocycles. The summed E-state index contributed by atoms with van der Waals surface area (Å²) in [4.78, 5) is 22.9. The van der Waals surface area contributed by atoms with Gasteiger partial charge in [-0.05, 0) is 0 Å². The second-order valence-electron chi connectivity index (χ2n) is 3.50. The van der Waals surface area contributed by atoms with Gasteiger partial charge in [0.1, 0.15) is 7.05 Å². The summed E-state index contributed by atoms with van der Waals surface area (Å²) in [7, 11) is 6.68. The molecule has 0 radical (unpaired) electrons. The fraction of sp³-hybridized carbons (Fsp3) is 0.667. The Morgan fingerprint density at radius 1 is 1.33 bits per heavy atom. The summed E-state index contributed by atoms with van der Waals surface area (Å²) in [5, 5.41) is 2.54. The number of hydrazine groups is 1. The van der Waals surface area contributed by atoms with E-state index in [0.29, 0.717) is 6.02 Å². The average molecular weight is 214 g/mol. The van der Waals surface area contributed by atoms with Crippen LogP contribution in [-0.2, 0) is 14.3 Å². The van der Waals surface area contributed by atoms with Crippen molar-refractivity contribution in [2.24, 2.45) is 0 Å². The highest BCUT2D eigenvalue weighted by Gasteiger charge is 2.39. The molecule has 0 aromatic rings. The lowest BCUT2D eigenvalue weighted by atomic mass is 10.4. The minimum Gasteiger partial charge on any atom is -0.433 e. The molecule has 2 amide bonds. The summed E-state index contributed by atoms with van der Waals surface area (Å²) in [5.41, 5.74) is 0. The molecule has 0 spiro atoms. The predicted octanol–water partition coefficient (Wildman–Crippen LogP) is -0.743. The predicted molar refractivity (Wildman–Crippen MR) is 53.0 cm³/mol. The van der Waals surface area contributed by atoms with Crippen LogP contribution in [0.2, 0.25) is 0 Å². The van der Waals surface area contributed by atoms with Gasteiger partial charge in [0, 0.05) is 12.8 Å². The maximum atomic E-state index is 11.4. The molecule has 0 unspecified atom stereocenters. The number of ether oxygens (including phenoxy) is 1. The van der Waals surface area contributed by atoms with E-state index < -0.39 is 0 Å². The van der Waals surface area contributed by atoms with Crippen LogP contribution in [0.4, 0.5) is 0 Å². The first-order valence-electron chi connectivity index (χ1n) is 4.66. The smallest absolute Gasteiger partial charge is 0.433 e. The van der Waals surface area contributed by atoms with Crippen molar-refractivity contribution in [1.82, 2.24) is 10.0 Å². The topological polar surface area (TPSA) is 52.9 Å². The van der Waals surface area contributed by atoms with Gasteiger partial charge in [0.25, 0.3) is 11.8 Å². The lowest BCUT2D eigenvalue weighted by Gasteiger charge is -2.20. The molecule has 0 saturated carbocycles. The van der Waals surface area contributed by atoms with Crippen molar-refractivity contribution in [2.75, 3.05) is 28.3 Å². The van der Waals surface area contributed by atoms with E-state index in [9.17, 15) is 9.59 Å². The maximum absolute atomic E-state index is 11.4. The summed E-state index contributed by atoms with van der Waals surface area (Å²) in [6.07, 6.45) is 0.543. The van der Waals surface area contributed by atoms with Gasteiger partial charge in [-0.3, -0.25) is 9.59 Å². The fourth-order valence-electron chi connectivity index (χ4n) is 1.59. The maximum Gasteiger partial charge on any atom is 0.470 e. The third-order valence-electron chi connectivity index (χ3n) is 2.17. The Labute approximate surface area is 88.7 Å². The number of carbonyl (C=O) groups is 2. The molecule has 6 nitrogen and oxygen atoms in total.